The van der Waals surface area contributed by atoms with Crippen LogP contribution < -0.4 is 5.32 Å². The summed E-state index contributed by atoms with van der Waals surface area (Å²) in [5, 5.41) is 3.03. The van der Waals surface area contributed by atoms with Crippen LogP contribution in [0, 0.1) is 0 Å². The zero-order chi connectivity index (χ0) is 18.7. The molecule has 0 spiro atoms. The van der Waals surface area contributed by atoms with Crippen molar-refractivity contribution in [1.29, 1.82) is 0 Å². The van der Waals surface area contributed by atoms with E-state index in [9.17, 15) is 13.2 Å². The van der Waals surface area contributed by atoms with Crippen LogP contribution in [-0.4, -0.2) is 44.6 Å². The summed E-state index contributed by atoms with van der Waals surface area (Å²) in [6.07, 6.45) is 2.03. The lowest BCUT2D eigenvalue weighted by molar-refractivity contribution is 0.0936. The fraction of sp³-hybridized carbons (Fsp3) is 0.350. The van der Waals surface area contributed by atoms with Gasteiger partial charge in [0.25, 0.3) is 5.91 Å². The maximum Gasteiger partial charge on any atom is 0.251 e. The van der Waals surface area contributed by atoms with Gasteiger partial charge in [-0.1, -0.05) is 36.4 Å². The van der Waals surface area contributed by atoms with E-state index in [1.807, 2.05) is 18.2 Å². The smallest absolute Gasteiger partial charge is 0.251 e. The summed E-state index contributed by atoms with van der Waals surface area (Å²) in [5.41, 5.74) is 1.64. The molecule has 0 radical (unpaired) electrons. The molecule has 138 valence electrons. The first-order chi connectivity index (χ1) is 12.3. The summed E-state index contributed by atoms with van der Waals surface area (Å²) < 4.78 is 23.3. The maximum absolute atomic E-state index is 12.5. The second-order valence-corrected chi connectivity index (χ2v) is 8.86. The summed E-state index contributed by atoms with van der Waals surface area (Å²) >= 11 is 0. The first-order valence-electron chi connectivity index (χ1n) is 8.74. The summed E-state index contributed by atoms with van der Waals surface area (Å²) in [6.45, 7) is 3.88. The van der Waals surface area contributed by atoms with E-state index in [1.54, 1.807) is 12.1 Å². The molecule has 5 nitrogen and oxygen atoms in total. The monoisotopic (exact) mass is 372 g/mol. The van der Waals surface area contributed by atoms with Crippen molar-refractivity contribution >= 4 is 15.7 Å². The summed E-state index contributed by atoms with van der Waals surface area (Å²) in [5.74, 6) is -0.227. The Morgan fingerprint density at radius 2 is 1.88 bits per heavy atom. The number of hydrogen-bond acceptors (Lipinski definition) is 4. The zero-order valence-corrected chi connectivity index (χ0v) is 15.9. The van der Waals surface area contributed by atoms with E-state index in [4.69, 9.17) is 0 Å². The Hall–Kier alpha value is -2.18. The summed E-state index contributed by atoms with van der Waals surface area (Å²) in [4.78, 5) is 15.0. The number of carbonyl (C=O) groups is 1. The fourth-order valence-electron chi connectivity index (χ4n) is 3.34. The van der Waals surface area contributed by atoms with E-state index in [1.165, 1.54) is 17.7 Å². The molecule has 1 N–H and O–H groups in total. The predicted molar refractivity (Wildman–Crippen MR) is 102 cm³/mol. The Kier molecular flexibility index (Phi) is 5.44. The van der Waals surface area contributed by atoms with Crippen molar-refractivity contribution in [3.8, 4) is 0 Å². The molecule has 0 aromatic heterocycles. The van der Waals surface area contributed by atoms with Gasteiger partial charge >= 0.3 is 0 Å². The van der Waals surface area contributed by atoms with Gasteiger partial charge in [-0.25, -0.2) is 8.42 Å². The quantitative estimate of drug-likeness (QED) is 0.876. The molecule has 2 atom stereocenters. The minimum atomic E-state index is -3.32. The number of hydrogen-bond donors (Lipinski definition) is 1. The Morgan fingerprint density at radius 3 is 2.58 bits per heavy atom. The molecule has 2 aromatic carbocycles. The number of benzene rings is 2. The molecular weight excluding hydrogens is 348 g/mol. The maximum atomic E-state index is 12.5. The Morgan fingerprint density at radius 1 is 1.15 bits per heavy atom. The third kappa shape index (κ3) is 4.31. The zero-order valence-electron chi connectivity index (χ0n) is 15.1. The Labute approximate surface area is 154 Å². The van der Waals surface area contributed by atoms with Crippen LogP contribution in [0.3, 0.4) is 0 Å². The van der Waals surface area contributed by atoms with Crippen LogP contribution in [0.4, 0.5) is 0 Å². The predicted octanol–water partition coefficient (Wildman–Crippen LogP) is 2.66. The van der Waals surface area contributed by atoms with Gasteiger partial charge in [0, 0.05) is 37.0 Å². The van der Waals surface area contributed by atoms with Crippen molar-refractivity contribution in [2.75, 3.05) is 19.3 Å². The van der Waals surface area contributed by atoms with Crippen LogP contribution in [0.2, 0.25) is 0 Å². The second kappa shape index (κ2) is 7.60. The molecule has 0 aliphatic carbocycles. The third-order valence-corrected chi connectivity index (χ3v) is 6.02. The number of carbonyl (C=O) groups excluding carboxylic acids is 1. The molecule has 2 aromatic rings. The van der Waals surface area contributed by atoms with Crippen LogP contribution in [0.5, 0.6) is 0 Å². The van der Waals surface area contributed by atoms with E-state index in [-0.39, 0.29) is 16.8 Å². The van der Waals surface area contributed by atoms with Gasteiger partial charge in [-0.3, -0.25) is 9.69 Å². The molecule has 26 heavy (non-hydrogen) atoms. The Balaban J connectivity index is 1.63. The highest BCUT2D eigenvalue weighted by Gasteiger charge is 2.28. The van der Waals surface area contributed by atoms with E-state index >= 15 is 0 Å². The van der Waals surface area contributed by atoms with Crippen molar-refractivity contribution in [3.63, 3.8) is 0 Å². The molecule has 1 heterocycles. The molecule has 0 bridgehead atoms. The highest BCUT2D eigenvalue weighted by atomic mass is 32.2. The van der Waals surface area contributed by atoms with E-state index in [0.717, 1.165) is 25.8 Å². The minimum Gasteiger partial charge on any atom is -0.348 e. The van der Waals surface area contributed by atoms with Crippen LogP contribution in [0.25, 0.3) is 0 Å². The van der Waals surface area contributed by atoms with Gasteiger partial charge in [0.05, 0.1) is 4.90 Å². The number of likely N-dealkylation sites (tertiary alicyclic amines) is 1. The van der Waals surface area contributed by atoms with Gasteiger partial charge in [-0.05, 0) is 37.1 Å². The topological polar surface area (TPSA) is 66.5 Å². The molecule has 1 aliphatic rings. The second-order valence-electron chi connectivity index (χ2n) is 6.84. The lowest BCUT2D eigenvalue weighted by Crippen LogP contribution is -2.37. The molecule has 1 saturated heterocycles. The van der Waals surface area contributed by atoms with E-state index in [2.05, 4.69) is 29.3 Å². The average molecular weight is 372 g/mol. The van der Waals surface area contributed by atoms with Crippen molar-refractivity contribution in [3.05, 3.63) is 65.7 Å². The van der Waals surface area contributed by atoms with Crippen LogP contribution in [-0.2, 0) is 9.84 Å². The number of nitrogens with zero attached hydrogens (tertiary/aromatic N) is 1. The lowest BCUT2D eigenvalue weighted by atomic mass is 10.1. The molecule has 1 fully saturated rings. The summed E-state index contributed by atoms with van der Waals surface area (Å²) in [7, 11) is -3.32. The molecule has 6 heteroatoms. The fourth-order valence-corrected chi connectivity index (χ4v) is 4.00. The van der Waals surface area contributed by atoms with Crippen molar-refractivity contribution in [2.45, 2.75) is 30.3 Å². The normalized spacial score (nSPS) is 19.2. The molecule has 3 rings (SSSR count). The molecule has 1 aliphatic heterocycles. The number of sulfone groups is 1. The van der Waals surface area contributed by atoms with Crippen LogP contribution in [0.15, 0.2) is 59.5 Å². The van der Waals surface area contributed by atoms with Gasteiger partial charge < -0.3 is 5.32 Å². The number of amides is 1. The SMILES string of the molecule is C[C@H](c1ccccc1)N1CC[C@H](NC(=O)c2cccc(S(C)(=O)=O)c2)C1. The largest absolute Gasteiger partial charge is 0.348 e. The first-order valence-corrected chi connectivity index (χ1v) is 10.6. The lowest BCUT2D eigenvalue weighted by Gasteiger charge is -2.24. The van der Waals surface area contributed by atoms with E-state index < -0.39 is 9.84 Å². The van der Waals surface area contributed by atoms with Crippen LogP contribution >= 0.6 is 0 Å². The van der Waals surface area contributed by atoms with Crippen molar-refractivity contribution < 1.29 is 13.2 Å². The van der Waals surface area contributed by atoms with Gasteiger partial charge in [0.1, 0.15) is 0 Å². The number of rotatable bonds is 5. The standard InChI is InChI=1S/C20H24N2O3S/c1-15(16-7-4-3-5-8-16)22-12-11-18(14-22)21-20(23)17-9-6-10-19(13-17)26(2,24)25/h3-10,13,15,18H,11-12,14H2,1-2H3,(H,21,23)/t15-,18+/m1/s1. The van der Waals surface area contributed by atoms with Gasteiger partial charge in [0.2, 0.25) is 0 Å². The van der Waals surface area contributed by atoms with Gasteiger partial charge in [-0.2, -0.15) is 0 Å². The van der Waals surface area contributed by atoms with Gasteiger partial charge in [0.15, 0.2) is 9.84 Å². The molecular formula is C20H24N2O3S. The van der Waals surface area contributed by atoms with Gasteiger partial charge in [-0.15, -0.1) is 0 Å². The highest BCUT2D eigenvalue weighted by Crippen LogP contribution is 2.24. The minimum absolute atomic E-state index is 0.0653. The van der Waals surface area contributed by atoms with E-state index in [0.29, 0.717) is 11.6 Å². The van der Waals surface area contributed by atoms with Crippen molar-refractivity contribution in [1.82, 2.24) is 10.2 Å². The molecule has 0 saturated carbocycles. The molecule has 0 unspecified atom stereocenters. The first kappa shape index (κ1) is 18.6. The Bertz CT molecular complexity index is 881. The highest BCUT2D eigenvalue weighted by molar-refractivity contribution is 7.90. The van der Waals surface area contributed by atoms with Crippen molar-refractivity contribution in [2.24, 2.45) is 0 Å². The van der Waals surface area contributed by atoms with Crippen LogP contribution in [0.1, 0.15) is 35.3 Å². The number of nitrogens with one attached hydrogen (secondary N) is 1. The summed E-state index contributed by atoms with van der Waals surface area (Å²) in [6, 6.07) is 16.9. The average Bonchev–Trinajstić information content (AvgIpc) is 3.09. The third-order valence-electron chi connectivity index (χ3n) is 4.91. The molecule has 1 amide bonds.